The van der Waals surface area contributed by atoms with Crippen molar-refractivity contribution in [1.82, 2.24) is 4.90 Å². The maximum absolute atomic E-state index is 12.1. The van der Waals surface area contributed by atoms with Gasteiger partial charge in [-0.3, -0.25) is 4.79 Å². The number of β-amino-alcohol motifs (C(OH)–C–C–N with tert-alkyl or cyclic N) is 1. The molecule has 4 nitrogen and oxygen atoms in total. The number of aryl methyl sites for hydroxylation is 1. The van der Waals surface area contributed by atoms with Crippen LogP contribution in [0.15, 0.2) is 48.5 Å². The molecule has 1 aliphatic rings. The highest BCUT2D eigenvalue weighted by Gasteiger charge is 2.23. The van der Waals surface area contributed by atoms with Gasteiger partial charge in [0.1, 0.15) is 0 Å². The van der Waals surface area contributed by atoms with Crippen LogP contribution in [0, 0.1) is 0 Å². The summed E-state index contributed by atoms with van der Waals surface area (Å²) in [5.41, 5.74) is 10.2. The first-order chi connectivity index (χ1) is 11.7. The lowest BCUT2D eigenvalue weighted by Gasteiger charge is -2.15. The summed E-state index contributed by atoms with van der Waals surface area (Å²) in [7, 11) is 0. The molecule has 2 aromatic carbocycles. The van der Waals surface area contributed by atoms with Crippen LogP contribution in [0.25, 0.3) is 11.1 Å². The molecule has 3 rings (SSSR count). The van der Waals surface area contributed by atoms with Crippen LogP contribution >= 0.6 is 0 Å². The summed E-state index contributed by atoms with van der Waals surface area (Å²) in [5, 5.41) is 9.50. The molecule has 1 saturated heterocycles. The molecule has 3 N–H and O–H groups in total. The first kappa shape index (κ1) is 16.7. The summed E-state index contributed by atoms with van der Waals surface area (Å²) in [6.45, 7) is 1.72. The molecule has 0 aliphatic carbocycles. The Morgan fingerprint density at radius 2 is 1.62 bits per heavy atom. The van der Waals surface area contributed by atoms with E-state index in [1.807, 2.05) is 12.1 Å². The Morgan fingerprint density at radius 1 is 1.04 bits per heavy atom. The van der Waals surface area contributed by atoms with Gasteiger partial charge in [0.15, 0.2) is 0 Å². The third kappa shape index (κ3) is 4.02. The van der Waals surface area contributed by atoms with E-state index in [0.717, 1.165) is 23.1 Å². The number of nitrogens with zero attached hydrogens (tertiary/aromatic N) is 1. The largest absolute Gasteiger partial charge is 0.391 e. The Labute approximate surface area is 142 Å². The monoisotopic (exact) mass is 324 g/mol. The summed E-state index contributed by atoms with van der Waals surface area (Å²) >= 11 is 0. The zero-order valence-electron chi connectivity index (χ0n) is 13.8. The van der Waals surface area contributed by atoms with Crippen molar-refractivity contribution in [2.45, 2.75) is 31.9 Å². The van der Waals surface area contributed by atoms with E-state index in [9.17, 15) is 9.90 Å². The van der Waals surface area contributed by atoms with Crippen molar-refractivity contribution in [3.05, 3.63) is 59.7 Å². The number of nitrogens with two attached hydrogens (primary N) is 1. The molecule has 0 saturated carbocycles. The van der Waals surface area contributed by atoms with E-state index in [1.54, 1.807) is 4.90 Å². The fourth-order valence-electron chi connectivity index (χ4n) is 3.07. The molecule has 0 aromatic heterocycles. The Morgan fingerprint density at radius 3 is 2.12 bits per heavy atom. The van der Waals surface area contributed by atoms with Gasteiger partial charge in [-0.25, -0.2) is 0 Å². The van der Waals surface area contributed by atoms with Gasteiger partial charge in [-0.05, 0) is 35.1 Å². The van der Waals surface area contributed by atoms with Crippen LogP contribution in [0.5, 0.6) is 0 Å². The molecule has 4 heteroatoms. The number of carbonyl (C=O) groups excluding carboxylic acids is 1. The number of amides is 1. The first-order valence-electron chi connectivity index (χ1n) is 8.50. The average molecular weight is 324 g/mol. The van der Waals surface area contributed by atoms with Crippen LogP contribution in [0.2, 0.25) is 0 Å². The van der Waals surface area contributed by atoms with E-state index in [0.29, 0.717) is 32.5 Å². The van der Waals surface area contributed by atoms with Gasteiger partial charge in [0, 0.05) is 26.1 Å². The average Bonchev–Trinajstić information content (AvgIpc) is 3.07. The number of likely N-dealkylation sites (tertiary alicyclic amines) is 1. The highest BCUT2D eigenvalue weighted by Crippen LogP contribution is 2.21. The van der Waals surface area contributed by atoms with E-state index in [2.05, 4.69) is 36.4 Å². The number of hydrogen-bond donors (Lipinski definition) is 2. The number of aliphatic hydroxyl groups excluding tert-OH is 1. The van der Waals surface area contributed by atoms with Crippen molar-refractivity contribution < 1.29 is 9.90 Å². The molecular formula is C20H24N2O2. The standard InChI is InChI=1S/C20H24N2O2/c21-13-16-3-8-18(9-4-16)17-6-1-15(2-7-17)5-10-20(24)22-12-11-19(23)14-22/h1-4,6-9,19,23H,5,10-14,21H2. The van der Waals surface area contributed by atoms with Gasteiger partial charge in [0.25, 0.3) is 0 Å². The van der Waals surface area contributed by atoms with Gasteiger partial charge in [-0.1, -0.05) is 48.5 Å². The van der Waals surface area contributed by atoms with E-state index < -0.39 is 0 Å². The lowest BCUT2D eigenvalue weighted by atomic mass is 10.0. The second-order valence-corrected chi connectivity index (χ2v) is 6.38. The molecule has 1 fully saturated rings. The quantitative estimate of drug-likeness (QED) is 0.887. The van der Waals surface area contributed by atoms with Crippen LogP contribution in [-0.2, 0) is 17.8 Å². The number of carbonyl (C=O) groups is 1. The van der Waals surface area contributed by atoms with Crippen LogP contribution in [-0.4, -0.2) is 35.1 Å². The summed E-state index contributed by atoms with van der Waals surface area (Å²) in [6, 6.07) is 16.6. The lowest BCUT2D eigenvalue weighted by Crippen LogP contribution is -2.29. The molecule has 1 aliphatic heterocycles. The minimum atomic E-state index is -0.348. The van der Waals surface area contributed by atoms with Gasteiger partial charge < -0.3 is 15.7 Å². The highest BCUT2D eigenvalue weighted by atomic mass is 16.3. The lowest BCUT2D eigenvalue weighted by molar-refractivity contribution is -0.130. The summed E-state index contributed by atoms with van der Waals surface area (Å²) in [4.78, 5) is 13.9. The summed E-state index contributed by atoms with van der Waals surface area (Å²) < 4.78 is 0. The van der Waals surface area contributed by atoms with Gasteiger partial charge in [0.05, 0.1) is 6.10 Å². The topological polar surface area (TPSA) is 66.6 Å². The zero-order chi connectivity index (χ0) is 16.9. The third-order valence-corrected chi connectivity index (χ3v) is 4.62. The number of hydrogen-bond acceptors (Lipinski definition) is 3. The first-order valence-corrected chi connectivity index (χ1v) is 8.50. The molecule has 0 radical (unpaired) electrons. The second kappa shape index (κ2) is 7.60. The highest BCUT2D eigenvalue weighted by molar-refractivity contribution is 5.76. The Hall–Kier alpha value is -2.17. The maximum Gasteiger partial charge on any atom is 0.222 e. The normalized spacial score (nSPS) is 17.2. The molecule has 1 heterocycles. The molecule has 1 atom stereocenters. The molecule has 0 bridgehead atoms. The Bertz CT molecular complexity index is 680. The molecule has 24 heavy (non-hydrogen) atoms. The molecule has 126 valence electrons. The molecule has 1 unspecified atom stereocenters. The SMILES string of the molecule is NCc1ccc(-c2ccc(CCC(=O)N3CCC(O)C3)cc2)cc1. The van der Waals surface area contributed by atoms with Crippen molar-refractivity contribution in [3.8, 4) is 11.1 Å². The predicted molar refractivity (Wildman–Crippen MR) is 95.3 cm³/mol. The molecule has 1 amide bonds. The van der Waals surface area contributed by atoms with E-state index >= 15 is 0 Å². The molecule has 0 spiro atoms. The molecular weight excluding hydrogens is 300 g/mol. The second-order valence-electron chi connectivity index (χ2n) is 6.38. The van der Waals surface area contributed by atoms with Crippen LogP contribution < -0.4 is 5.73 Å². The van der Waals surface area contributed by atoms with E-state index in [1.165, 1.54) is 5.56 Å². The number of aliphatic hydroxyl groups is 1. The summed E-state index contributed by atoms with van der Waals surface area (Å²) in [5.74, 6) is 0.132. The fourth-order valence-corrected chi connectivity index (χ4v) is 3.07. The van der Waals surface area contributed by atoms with Crippen LogP contribution in [0.1, 0.15) is 24.0 Å². The Balaban J connectivity index is 1.57. The van der Waals surface area contributed by atoms with E-state index in [-0.39, 0.29) is 12.0 Å². The maximum atomic E-state index is 12.1. The predicted octanol–water partition coefficient (Wildman–Crippen LogP) is 2.34. The van der Waals surface area contributed by atoms with Gasteiger partial charge in [-0.2, -0.15) is 0 Å². The smallest absolute Gasteiger partial charge is 0.222 e. The van der Waals surface area contributed by atoms with E-state index in [4.69, 9.17) is 5.73 Å². The van der Waals surface area contributed by atoms with Crippen molar-refractivity contribution in [1.29, 1.82) is 0 Å². The van der Waals surface area contributed by atoms with Crippen LogP contribution in [0.4, 0.5) is 0 Å². The summed E-state index contributed by atoms with van der Waals surface area (Å²) in [6.07, 6.45) is 1.58. The van der Waals surface area contributed by atoms with Crippen molar-refractivity contribution in [3.63, 3.8) is 0 Å². The van der Waals surface area contributed by atoms with Gasteiger partial charge in [-0.15, -0.1) is 0 Å². The van der Waals surface area contributed by atoms with Crippen molar-refractivity contribution in [2.24, 2.45) is 5.73 Å². The third-order valence-electron chi connectivity index (χ3n) is 4.62. The number of rotatable bonds is 5. The Kier molecular flexibility index (Phi) is 5.28. The minimum absolute atomic E-state index is 0.132. The van der Waals surface area contributed by atoms with Crippen molar-refractivity contribution in [2.75, 3.05) is 13.1 Å². The fraction of sp³-hybridized carbons (Fsp3) is 0.350. The van der Waals surface area contributed by atoms with Crippen LogP contribution in [0.3, 0.4) is 0 Å². The molecule has 2 aromatic rings. The van der Waals surface area contributed by atoms with Gasteiger partial charge in [0.2, 0.25) is 5.91 Å². The minimum Gasteiger partial charge on any atom is -0.391 e. The number of benzene rings is 2. The van der Waals surface area contributed by atoms with Crippen molar-refractivity contribution >= 4 is 5.91 Å². The zero-order valence-corrected chi connectivity index (χ0v) is 13.8. The van der Waals surface area contributed by atoms with Gasteiger partial charge >= 0.3 is 0 Å².